The van der Waals surface area contributed by atoms with Crippen molar-refractivity contribution in [1.82, 2.24) is 10.6 Å². The van der Waals surface area contributed by atoms with Crippen molar-refractivity contribution in [1.29, 1.82) is 0 Å². The van der Waals surface area contributed by atoms with Crippen molar-refractivity contribution in [2.75, 3.05) is 6.61 Å². The average Bonchev–Trinajstić information content (AvgIpc) is 3.03. The fourth-order valence-corrected chi connectivity index (χ4v) is 2.43. The van der Waals surface area contributed by atoms with Gasteiger partial charge in [0, 0.05) is 6.04 Å². The largest absolute Gasteiger partial charge is 0.454 e. The second kappa shape index (κ2) is 9.42. The van der Waals surface area contributed by atoms with Crippen LogP contribution in [0.2, 0.25) is 0 Å². The minimum absolute atomic E-state index is 0.00405. The van der Waals surface area contributed by atoms with Crippen molar-refractivity contribution < 1.29 is 19.1 Å². The van der Waals surface area contributed by atoms with E-state index in [0.29, 0.717) is 4.88 Å². The highest BCUT2D eigenvalue weighted by Crippen LogP contribution is 2.11. The van der Waals surface area contributed by atoms with Crippen LogP contribution in [-0.4, -0.2) is 36.5 Å². The molecule has 0 saturated heterocycles. The summed E-state index contributed by atoms with van der Waals surface area (Å²) in [7, 11) is 0. The molecule has 0 aromatic carbocycles. The zero-order valence-corrected chi connectivity index (χ0v) is 15.6. The highest BCUT2D eigenvalue weighted by atomic mass is 32.1. The van der Waals surface area contributed by atoms with Gasteiger partial charge in [-0.25, -0.2) is 4.79 Å². The average molecular weight is 354 g/mol. The highest BCUT2D eigenvalue weighted by Gasteiger charge is 2.27. The normalized spacial score (nSPS) is 13.5. The van der Waals surface area contributed by atoms with Gasteiger partial charge >= 0.3 is 5.97 Å². The lowest BCUT2D eigenvalue weighted by atomic mass is 10.0. The van der Waals surface area contributed by atoms with Crippen LogP contribution >= 0.6 is 11.3 Å². The van der Waals surface area contributed by atoms with E-state index in [1.54, 1.807) is 17.5 Å². The Labute approximate surface area is 147 Å². The van der Waals surface area contributed by atoms with Gasteiger partial charge in [0.05, 0.1) is 4.88 Å². The number of hydrogen-bond acceptors (Lipinski definition) is 5. The van der Waals surface area contributed by atoms with Gasteiger partial charge in [-0.05, 0) is 30.2 Å². The maximum Gasteiger partial charge on any atom is 0.329 e. The van der Waals surface area contributed by atoms with Crippen molar-refractivity contribution in [2.45, 2.75) is 46.7 Å². The number of amides is 2. The maximum absolute atomic E-state index is 12.2. The molecule has 0 fully saturated rings. The van der Waals surface area contributed by atoms with E-state index >= 15 is 0 Å². The van der Waals surface area contributed by atoms with Crippen molar-refractivity contribution in [3.8, 4) is 0 Å². The van der Waals surface area contributed by atoms with E-state index in [0.717, 1.165) is 0 Å². The first-order valence-corrected chi connectivity index (χ1v) is 8.90. The fraction of sp³-hybridized carbons (Fsp3) is 0.588. The van der Waals surface area contributed by atoms with E-state index in [4.69, 9.17) is 4.74 Å². The van der Waals surface area contributed by atoms with Gasteiger partial charge in [-0.2, -0.15) is 0 Å². The fourth-order valence-electron chi connectivity index (χ4n) is 1.81. The second-order valence-electron chi connectivity index (χ2n) is 6.38. The summed E-state index contributed by atoms with van der Waals surface area (Å²) in [6.45, 7) is 9.14. The molecular formula is C17H26N2O4S. The molecule has 1 aromatic rings. The zero-order chi connectivity index (χ0) is 18.3. The summed E-state index contributed by atoms with van der Waals surface area (Å²) in [5, 5.41) is 7.22. The van der Waals surface area contributed by atoms with Crippen LogP contribution in [0.1, 0.15) is 44.3 Å². The molecule has 0 radical (unpaired) electrons. The Bertz CT molecular complexity index is 555. The highest BCUT2D eigenvalue weighted by molar-refractivity contribution is 7.12. The van der Waals surface area contributed by atoms with Crippen LogP contribution in [0.25, 0.3) is 0 Å². The molecule has 0 aliphatic carbocycles. The molecule has 0 bridgehead atoms. The Balaban J connectivity index is 2.55. The Morgan fingerprint density at radius 1 is 1.08 bits per heavy atom. The van der Waals surface area contributed by atoms with Crippen LogP contribution in [0.5, 0.6) is 0 Å². The molecule has 2 unspecified atom stereocenters. The standard InChI is InChI=1S/C17H26N2O4S/c1-10(2)12(5)18-14(20)9-23-17(22)15(11(3)4)19-16(21)13-7-6-8-24-13/h6-8,10-12,15H,9H2,1-5H3,(H,18,20)(H,19,21). The topological polar surface area (TPSA) is 84.5 Å². The van der Waals surface area contributed by atoms with Crippen LogP contribution in [0.3, 0.4) is 0 Å². The number of nitrogens with one attached hydrogen (secondary N) is 2. The zero-order valence-electron chi connectivity index (χ0n) is 14.8. The molecule has 2 N–H and O–H groups in total. The van der Waals surface area contributed by atoms with Gasteiger partial charge in [0.2, 0.25) is 0 Å². The first-order chi connectivity index (χ1) is 11.2. The summed E-state index contributed by atoms with van der Waals surface area (Å²) in [5.74, 6) is -1.14. The van der Waals surface area contributed by atoms with Gasteiger partial charge in [0.25, 0.3) is 11.8 Å². The molecule has 134 valence electrons. The van der Waals surface area contributed by atoms with Crippen LogP contribution < -0.4 is 10.6 Å². The summed E-state index contributed by atoms with van der Waals surface area (Å²) >= 11 is 1.30. The molecule has 1 rings (SSSR count). The van der Waals surface area contributed by atoms with Gasteiger partial charge in [-0.1, -0.05) is 33.8 Å². The molecule has 0 aliphatic heterocycles. The van der Waals surface area contributed by atoms with Gasteiger partial charge in [0.1, 0.15) is 6.04 Å². The smallest absolute Gasteiger partial charge is 0.329 e. The summed E-state index contributed by atoms with van der Waals surface area (Å²) in [6.07, 6.45) is 0. The number of esters is 1. The lowest BCUT2D eigenvalue weighted by Crippen LogP contribution is -2.46. The lowest BCUT2D eigenvalue weighted by Gasteiger charge is -2.21. The third kappa shape index (κ3) is 6.31. The first kappa shape index (κ1) is 20.2. The number of rotatable bonds is 8. The van der Waals surface area contributed by atoms with E-state index in [9.17, 15) is 14.4 Å². The molecule has 1 aromatic heterocycles. The predicted octanol–water partition coefficient (Wildman–Crippen LogP) is 2.21. The van der Waals surface area contributed by atoms with Crippen LogP contribution in [0, 0.1) is 11.8 Å². The molecule has 0 aliphatic rings. The minimum Gasteiger partial charge on any atom is -0.454 e. The quantitative estimate of drug-likeness (QED) is 0.701. The lowest BCUT2D eigenvalue weighted by molar-refractivity contribution is -0.151. The van der Waals surface area contributed by atoms with Crippen molar-refractivity contribution in [3.05, 3.63) is 22.4 Å². The third-order valence-corrected chi connectivity index (χ3v) is 4.55. The van der Waals surface area contributed by atoms with E-state index in [1.807, 2.05) is 34.6 Å². The Morgan fingerprint density at radius 2 is 1.75 bits per heavy atom. The maximum atomic E-state index is 12.2. The number of hydrogen-bond donors (Lipinski definition) is 2. The van der Waals surface area contributed by atoms with Crippen molar-refractivity contribution >= 4 is 29.1 Å². The molecule has 0 spiro atoms. The molecule has 2 amide bonds. The minimum atomic E-state index is -0.796. The molecule has 7 heteroatoms. The Kier molecular flexibility index (Phi) is 7.91. The summed E-state index contributed by atoms with van der Waals surface area (Å²) in [4.78, 5) is 36.6. The SMILES string of the molecule is CC(C)C(C)NC(=O)COC(=O)C(NC(=O)c1cccs1)C(C)C. The number of thiophene rings is 1. The van der Waals surface area contributed by atoms with Gasteiger partial charge < -0.3 is 15.4 Å². The van der Waals surface area contributed by atoms with Crippen LogP contribution in [0.4, 0.5) is 0 Å². The molecule has 1 heterocycles. The van der Waals surface area contributed by atoms with Gasteiger partial charge in [-0.15, -0.1) is 11.3 Å². The van der Waals surface area contributed by atoms with Crippen molar-refractivity contribution in [2.24, 2.45) is 11.8 Å². The molecule has 0 saturated carbocycles. The van der Waals surface area contributed by atoms with E-state index in [2.05, 4.69) is 10.6 Å². The monoisotopic (exact) mass is 354 g/mol. The number of ether oxygens (including phenoxy) is 1. The molecular weight excluding hydrogens is 328 g/mol. The van der Waals surface area contributed by atoms with E-state index in [1.165, 1.54) is 11.3 Å². The summed E-state index contributed by atoms with van der Waals surface area (Å²) in [5.41, 5.74) is 0. The van der Waals surface area contributed by atoms with E-state index < -0.39 is 12.0 Å². The Hall–Kier alpha value is -1.89. The number of carbonyl (C=O) groups excluding carboxylic acids is 3. The molecule has 24 heavy (non-hydrogen) atoms. The van der Waals surface area contributed by atoms with Gasteiger partial charge in [0.15, 0.2) is 6.61 Å². The molecule has 6 nitrogen and oxygen atoms in total. The van der Waals surface area contributed by atoms with Crippen molar-refractivity contribution in [3.63, 3.8) is 0 Å². The third-order valence-electron chi connectivity index (χ3n) is 3.69. The Morgan fingerprint density at radius 3 is 2.25 bits per heavy atom. The number of carbonyl (C=O) groups is 3. The van der Waals surface area contributed by atoms with Crippen LogP contribution in [-0.2, 0) is 14.3 Å². The first-order valence-electron chi connectivity index (χ1n) is 8.02. The summed E-state index contributed by atoms with van der Waals surface area (Å²) in [6, 6.07) is 2.65. The van der Waals surface area contributed by atoms with E-state index in [-0.39, 0.29) is 36.3 Å². The van der Waals surface area contributed by atoms with Crippen LogP contribution in [0.15, 0.2) is 17.5 Å². The summed E-state index contributed by atoms with van der Waals surface area (Å²) < 4.78 is 5.06. The predicted molar refractivity (Wildman–Crippen MR) is 93.8 cm³/mol. The van der Waals surface area contributed by atoms with Gasteiger partial charge in [-0.3, -0.25) is 9.59 Å². The second-order valence-corrected chi connectivity index (χ2v) is 7.33. The molecule has 2 atom stereocenters.